The molecule has 3 aromatic carbocycles. The number of nitrogens with zero attached hydrogens (tertiary/aromatic N) is 1. The zero-order valence-corrected chi connectivity index (χ0v) is 22.6. The number of carbonyl (C=O) groups is 2. The Kier molecular flexibility index (Phi) is 9.26. The molecule has 0 unspecified atom stereocenters. The average Bonchev–Trinajstić information content (AvgIpc) is 2.82. The summed E-state index contributed by atoms with van der Waals surface area (Å²) in [6, 6.07) is 20.3. The predicted molar refractivity (Wildman–Crippen MR) is 143 cm³/mol. The third-order valence-electron chi connectivity index (χ3n) is 5.56. The quantitative estimate of drug-likeness (QED) is 0.362. The van der Waals surface area contributed by atoms with Crippen molar-refractivity contribution in [3.63, 3.8) is 0 Å². The standard InChI is InChI=1S/C29H32BrFN2O3/c1-20-16-23(14-15-24(20)30)36-19-27(34)33(18-22-12-8-9-13-25(22)31)26(28(35)32-29(2,3)4)17-21-10-6-5-7-11-21/h5-16,26H,17-19H2,1-4H3,(H,32,35)/t26-/m1/s1. The van der Waals surface area contributed by atoms with Crippen molar-refractivity contribution in [1.82, 2.24) is 10.2 Å². The number of hydrogen-bond donors (Lipinski definition) is 1. The third kappa shape index (κ3) is 7.92. The van der Waals surface area contributed by atoms with Crippen LogP contribution in [-0.2, 0) is 22.6 Å². The maximum absolute atomic E-state index is 14.6. The van der Waals surface area contributed by atoms with E-state index < -0.39 is 23.3 Å². The Morgan fingerprint density at radius 1 is 1.03 bits per heavy atom. The van der Waals surface area contributed by atoms with Gasteiger partial charge in [-0.2, -0.15) is 0 Å². The molecule has 0 bridgehead atoms. The van der Waals surface area contributed by atoms with Gasteiger partial charge in [0.2, 0.25) is 5.91 Å². The molecule has 0 saturated carbocycles. The minimum absolute atomic E-state index is 0.0662. The number of nitrogens with one attached hydrogen (secondary N) is 1. The second-order valence-electron chi connectivity index (χ2n) is 9.76. The van der Waals surface area contributed by atoms with Crippen molar-refractivity contribution in [2.24, 2.45) is 0 Å². The summed E-state index contributed by atoms with van der Waals surface area (Å²) in [6.45, 7) is 7.22. The van der Waals surface area contributed by atoms with Gasteiger partial charge < -0.3 is 15.0 Å². The van der Waals surface area contributed by atoms with Crippen LogP contribution in [-0.4, -0.2) is 34.9 Å². The van der Waals surface area contributed by atoms with Crippen LogP contribution in [0.25, 0.3) is 0 Å². The average molecular weight is 555 g/mol. The highest BCUT2D eigenvalue weighted by molar-refractivity contribution is 9.10. The summed E-state index contributed by atoms with van der Waals surface area (Å²) in [7, 11) is 0. The summed E-state index contributed by atoms with van der Waals surface area (Å²) in [4.78, 5) is 28.5. The summed E-state index contributed by atoms with van der Waals surface area (Å²) in [6.07, 6.45) is 0.278. The van der Waals surface area contributed by atoms with Gasteiger partial charge in [-0.25, -0.2) is 4.39 Å². The molecule has 0 aromatic heterocycles. The highest BCUT2D eigenvalue weighted by atomic mass is 79.9. The Morgan fingerprint density at radius 2 is 1.69 bits per heavy atom. The molecular formula is C29H32BrFN2O3. The zero-order chi connectivity index (χ0) is 26.3. The molecule has 7 heteroatoms. The molecule has 0 saturated heterocycles. The van der Waals surface area contributed by atoms with E-state index in [2.05, 4.69) is 21.2 Å². The van der Waals surface area contributed by atoms with E-state index in [-0.39, 0.29) is 25.5 Å². The van der Waals surface area contributed by atoms with Gasteiger partial charge in [0.1, 0.15) is 17.6 Å². The van der Waals surface area contributed by atoms with Gasteiger partial charge >= 0.3 is 0 Å². The Hall–Kier alpha value is -3.19. The van der Waals surface area contributed by atoms with E-state index in [1.54, 1.807) is 24.3 Å². The maximum Gasteiger partial charge on any atom is 0.261 e. The molecule has 1 atom stereocenters. The van der Waals surface area contributed by atoms with Gasteiger partial charge in [-0.1, -0.05) is 64.5 Å². The van der Waals surface area contributed by atoms with Crippen LogP contribution in [0.1, 0.15) is 37.5 Å². The zero-order valence-electron chi connectivity index (χ0n) is 21.1. The van der Waals surface area contributed by atoms with E-state index in [1.807, 2.05) is 70.2 Å². The molecule has 0 fully saturated rings. The normalized spacial score (nSPS) is 12.1. The fourth-order valence-electron chi connectivity index (χ4n) is 3.75. The van der Waals surface area contributed by atoms with Crippen molar-refractivity contribution in [2.75, 3.05) is 6.61 Å². The molecule has 0 aliphatic carbocycles. The minimum atomic E-state index is -0.867. The van der Waals surface area contributed by atoms with E-state index >= 15 is 0 Å². The molecule has 3 aromatic rings. The Bertz CT molecular complexity index is 1190. The SMILES string of the molecule is Cc1cc(OCC(=O)N(Cc2ccccc2F)[C@H](Cc2ccccc2)C(=O)NC(C)(C)C)ccc1Br. The van der Waals surface area contributed by atoms with Crippen molar-refractivity contribution in [3.05, 3.63) is 99.8 Å². The lowest BCUT2D eigenvalue weighted by atomic mass is 10.0. The van der Waals surface area contributed by atoms with E-state index in [0.29, 0.717) is 11.3 Å². The molecule has 0 aliphatic heterocycles. The van der Waals surface area contributed by atoms with Crippen LogP contribution < -0.4 is 10.1 Å². The first-order valence-corrected chi connectivity index (χ1v) is 12.6. The number of halogens is 2. The smallest absolute Gasteiger partial charge is 0.261 e. The first kappa shape index (κ1) is 27.4. The second-order valence-corrected chi connectivity index (χ2v) is 10.6. The molecule has 0 heterocycles. The first-order valence-electron chi connectivity index (χ1n) is 11.8. The van der Waals surface area contributed by atoms with Crippen molar-refractivity contribution in [2.45, 2.75) is 52.2 Å². The minimum Gasteiger partial charge on any atom is -0.484 e. The van der Waals surface area contributed by atoms with Gasteiger partial charge in [-0.15, -0.1) is 0 Å². The summed E-state index contributed by atoms with van der Waals surface area (Å²) in [5.41, 5.74) is 1.67. The molecule has 5 nitrogen and oxygen atoms in total. The number of rotatable bonds is 9. The third-order valence-corrected chi connectivity index (χ3v) is 6.45. The summed E-state index contributed by atoms with van der Waals surface area (Å²) < 4.78 is 21.4. The Balaban J connectivity index is 1.94. The maximum atomic E-state index is 14.6. The highest BCUT2D eigenvalue weighted by Crippen LogP contribution is 2.22. The van der Waals surface area contributed by atoms with Crippen molar-refractivity contribution in [3.8, 4) is 5.75 Å². The van der Waals surface area contributed by atoms with Crippen molar-refractivity contribution in [1.29, 1.82) is 0 Å². The Labute approximate surface area is 220 Å². The van der Waals surface area contributed by atoms with E-state index in [9.17, 15) is 14.0 Å². The molecule has 2 amide bonds. The molecule has 3 rings (SSSR count). The lowest BCUT2D eigenvalue weighted by Crippen LogP contribution is -2.55. The number of amides is 2. The summed E-state index contributed by atoms with van der Waals surface area (Å²) in [5, 5.41) is 2.99. The van der Waals surface area contributed by atoms with Gasteiger partial charge in [-0.05, 0) is 63.1 Å². The predicted octanol–water partition coefficient (Wildman–Crippen LogP) is 5.83. The van der Waals surface area contributed by atoms with Crippen molar-refractivity contribution >= 4 is 27.7 Å². The van der Waals surface area contributed by atoms with Crippen LogP contribution in [0.5, 0.6) is 5.75 Å². The lowest BCUT2D eigenvalue weighted by molar-refractivity contribution is -0.143. The van der Waals surface area contributed by atoms with Crippen LogP contribution in [0, 0.1) is 12.7 Å². The Morgan fingerprint density at radius 3 is 2.33 bits per heavy atom. The summed E-state index contributed by atoms with van der Waals surface area (Å²) in [5.74, 6) is -0.623. The monoisotopic (exact) mass is 554 g/mol. The van der Waals surface area contributed by atoms with Gasteiger partial charge in [0.05, 0.1) is 0 Å². The molecule has 36 heavy (non-hydrogen) atoms. The molecule has 0 spiro atoms. The fourth-order valence-corrected chi connectivity index (χ4v) is 4.00. The fraction of sp³-hybridized carbons (Fsp3) is 0.310. The van der Waals surface area contributed by atoms with Crippen LogP contribution in [0.3, 0.4) is 0 Å². The molecule has 1 N–H and O–H groups in total. The van der Waals surface area contributed by atoms with Crippen molar-refractivity contribution < 1.29 is 18.7 Å². The lowest BCUT2D eigenvalue weighted by Gasteiger charge is -2.33. The number of benzene rings is 3. The van der Waals surface area contributed by atoms with Gasteiger partial charge in [0, 0.05) is 28.5 Å². The van der Waals surface area contributed by atoms with Crippen LogP contribution >= 0.6 is 15.9 Å². The number of carbonyl (C=O) groups excluding carboxylic acids is 2. The van der Waals surface area contributed by atoms with Gasteiger partial charge in [0.15, 0.2) is 6.61 Å². The second kappa shape index (κ2) is 12.2. The number of ether oxygens (including phenoxy) is 1. The molecular weight excluding hydrogens is 523 g/mol. The van der Waals surface area contributed by atoms with Crippen LogP contribution in [0.15, 0.2) is 77.3 Å². The van der Waals surface area contributed by atoms with E-state index in [0.717, 1.165) is 15.6 Å². The summed E-state index contributed by atoms with van der Waals surface area (Å²) >= 11 is 3.46. The number of aryl methyl sites for hydroxylation is 1. The van der Waals surface area contributed by atoms with Crippen LogP contribution in [0.2, 0.25) is 0 Å². The first-order chi connectivity index (χ1) is 17.0. The topological polar surface area (TPSA) is 58.6 Å². The highest BCUT2D eigenvalue weighted by Gasteiger charge is 2.33. The molecule has 0 radical (unpaired) electrons. The molecule has 0 aliphatic rings. The van der Waals surface area contributed by atoms with E-state index in [4.69, 9.17) is 4.74 Å². The largest absolute Gasteiger partial charge is 0.484 e. The van der Waals surface area contributed by atoms with Gasteiger partial charge in [-0.3, -0.25) is 9.59 Å². The van der Waals surface area contributed by atoms with Crippen LogP contribution in [0.4, 0.5) is 4.39 Å². The molecule has 190 valence electrons. The van der Waals surface area contributed by atoms with E-state index in [1.165, 1.54) is 11.0 Å². The number of hydrogen-bond acceptors (Lipinski definition) is 3. The van der Waals surface area contributed by atoms with Gasteiger partial charge in [0.25, 0.3) is 5.91 Å².